The molecule has 0 bridgehead atoms. The summed E-state index contributed by atoms with van der Waals surface area (Å²) < 4.78 is 7.02. The quantitative estimate of drug-likeness (QED) is 0.670. The van der Waals surface area contributed by atoms with Gasteiger partial charge in [0.2, 0.25) is 11.8 Å². The second-order valence-electron chi connectivity index (χ2n) is 8.79. The normalized spacial score (nSPS) is 15.5. The second-order valence-corrected chi connectivity index (χ2v) is 9.82. The van der Waals surface area contributed by atoms with Gasteiger partial charge in [-0.3, -0.25) is 9.59 Å². The molecule has 158 valence electrons. The molecule has 7 heteroatoms. The predicted octanol–water partition coefficient (Wildman–Crippen LogP) is 4.46. The number of furan rings is 1. The fourth-order valence-electron chi connectivity index (χ4n) is 3.70. The Kier molecular flexibility index (Phi) is 5.64. The summed E-state index contributed by atoms with van der Waals surface area (Å²) in [5.74, 6) is 1.54. The zero-order chi connectivity index (χ0) is 21.3. The molecule has 1 aliphatic heterocycles. The van der Waals surface area contributed by atoms with Crippen molar-refractivity contribution in [2.24, 2.45) is 11.3 Å². The zero-order valence-corrected chi connectivity index (χ0v) is 18.4. The van der Waals surface area contributed by atoms with Crippen LogP contribution in [-0.4, -0.2) is 34.8 Å². The number of fused-ring (bicyclic) bond motifs is 1. The van der Waals surface area contributed by atoms with Crippen LogP contribution in [0.15, 0.2) is 40.8 Å². The van der Waals surface area contributed by atoms with Gasteiger partial charge in [0.05, 0.1) is 16.8 Å². The Labute approximate surface area is 180 Å². The minimum atomic E-state index is -0.380. The standard InChI is InChI=1S/C23H27N3O3S/c1-23(2,3)22(28)26-12-10-15(11-13-26)20(27)24-14-16-8-9-18(29-16)21-25-17-6-4-5-7-19(17)30-21/h4-9,15H,10-14H2,1-3H3,(H,24,27). The lowest BCUT2D eigenvalue weighted by molar-refractivity contribution is -0.142. The van der Waals surface area contributed by atoms with Crippen LogP contribution in [-0.2, 0) is 16.1 Å². The summed E-state index contributed by atoms with van der Waals surface area (Å²) in [5, 5.41) is 3.82. The van der Waals surface area contributed by atoms with E-state index in [2.05, 4.69) is 10.3 Å². The number of likely N-dealkylation sites (tertiary alicyclic amines) is 1. The van der Waals surface area contributed by atoms with Crippen molar-refractivity contribution in [2.75, 3.05) is 13.1 Å². The van der Waals surface area contributed by atoms with Crippen LogP contribution in [0.2, 0.25) is 0 Å². The van der Waals surface area contributed by atoms with Crippen molar-refractivity contribution in [2.45, 2.75) is 40.2 Å². The molecule has 2 aromatic heterocycles. The number of carbonyl (C=O) groups is 2. The van der Waals surface area contributed by atoms with E-state index in [0.717, 1.165) is 21.0 Å². The van der Waals surface area contributed by atoms with Gasteiger partial charge in [-0.15, -0.1) is 11.3 Å². The third-order valence-electron chi connectivity index (χ3n) is 5.40. The summed E-state index contributed by atoms with van der Waals surface area (Å²) in [7, 11) is 0. The topological polar surface area (TPSA) is 75.4 Å². The van der Waals surface area contributed by atoms with Gasteiger partial charge < -0.3 is 14.6 Å². The maximum Gasteiger partial charge on any atom is 0.227 e. The third kappa shape index (κ3) is 4.41. The molecule has 4 rings (SSSR count). The van der Waals surface area contributed by atoms with Crippen molar-refractivity contribution >= 4 is 33.4 Å². The minimum absolute atomic E-state index is 0.0239. The number of amides is 2. The summed E-state index contributed by atoms with van der Waals surface area (Å²) >= 11 is 1.59. The molecule has 1 fully saturated rings. The zero-order valence-electron chi connectivity index (χ0n) is 17.6. The molecule has 3 heterocycles. The highest BCUT2D eigenvalue weighted by Gasteiger charge is 2.32. The van der Waals surface area contributed by atoms with Crippen LogP contribution in [0, 0.1) is 11.3 Å². The van der Waals surface area contributed by atoms with Gasteiger partial charge in [-0.25, -0.2) is 4.98 Å². The highest BCUT2D eigenvalue weighted by Crippen LogP contribution is 2.31. The Morgan fingerprint density at radius 3 is 2.60 bits per heavy atom. The number of para-hydroxylation sites is 1. The molecule has 1 N–H and O–H groups in total. The van der Waals surface area contributed by atoms with Gasteiger partial charge in [0.1, 0.15) is 5.76 Å². The molecule has 1 saturated heterocycles. The van der Waals surface area contributed by atoms with E-state index in [-0.39, 0.29) is 23.1 Å². The lowest BCUT2D eigenvalue weighted by atomic mass is 9.90. The van der Waals surface area contributed by atoms with Crippen LogP contribution in [0.3, 0.4) is 0 Å². The van der Waals surface area contributed by atoms with Crippen molar-refractivity contribution in [3.8, 4) is 10.8 Å². The highest BCUT2D eigenvalue weighted by atomic mass is 32.1. The number of nitrogens with one attached hydrogen (secondary N) is 1. The van der Waals surface area contributed by atoms with Crippen molar-refractivity contribution in [1.29, 1.82) is 0 Å². The molecule has 0 radical (unpaired) electrons. The van der Waals surface area contributed by atoms with Crippen LogP contribution >= 0.6 is 11.3 Å². The van der Waals surface area contributed by atoms with E-state index in [1.807, 2.05) is 62.1 Å². The van der Waals surface area contributed by atoms with E-state index in [0.29, 0.717) is 38.2 Å². The van der Waals surface area contributed by atoms with Crippen molar-refractivity contribution < 1.29 is 14.0 Å². The van der Waals surface area contributed by atoms with E-state index < -0.39 is 0 Å². The Morgan fingerprint density at radius 2 is 1.90 bits per heavy atom. The van der Waals surface area contributed by atoms with E-state index in [1.54, 1.807) is 11.3 Å². The highest BCUT2D eigenvalue weighted by molar-refractivity contribution is 7.21. The van der Waals surface area contributed by atoms with Gasteiger partial charge in [0.15, 0.2) is 10.8 Å². The van der Waals surface area contributed by atoms with E-state index >= 15 is 0 Å². The summed E-state index contributed by atoms with van der Waals surface area (Å²) in [4.78, 5) is 31.4. The van der Waals surface area contributed by atoms with Gasteiger partial charge in [0.25, 0.3) is 0 Å². The molecule has 1 aromatic carbocycles. The molecule has 0 unspecified atom stereocenters. The molecular formula is C23H27N3O3S. The molecule has 6 nitrogen and oxygen atoms in total. The molecule has 0 saturated carbocycles. The number of benzene rings is 1. The summed E-state index contributed by atoms with van der Waals surface area (Å²) in [6.45, 7) is 7.42. The number of aromatic nitrogens is 1. The van der Waals surface area contributed by atoms with Crippen LogP contribution in [0.4, 0.5) is 0 Å². The van der Waals surface area contributed by atoms with Gasteiger partial charge in [-0.05, 0) is 37.1 Å². The number of piperidine rings is 1. The molecule has 1 aliphatic rings. The molecular weight excluding hydrogens is 398 g/mol. The summed E-state index contributed by atoms with van der Waals surface area (Å²) in [5.41, 5.74) is 0.579. The van der Waals surface area contributed by atoms with Gasteiger partial charge in [-0.1, -0.05) is 32.9 Å². The number of carbonyl (C=O) groups excluding carboxylic acids is 2. The van der Waals surface area contributed by atoms with Gasteiger partial charge in [-0.2, -0.15) is 0 Å². The van der Waals surface area contributed by atoms with E-state index in [9.17, 15) is 9.59 Å². The molecule has 0 atom stereocenters. The van der Waals surface area contributed by atoms with Crippen LogP contribution in [0.1, 0.15) is 39.4 Å². The summed E-state index contributed by atoms with van der Waals surface area (Å²) in [6.07, 6.45) is 1.39. The van der Waals surface area contributed by atoms with Gasteiger partial charge in [0, 0.05) is 24.4 Å². The average molecular weight is 426 g/mol. The SMILES string of the molecule is CC(C)(C)C(=O)N1CCC(C(=O)NCc2ccc(-c3nc4ccccc4s3)o2)CC1. The average Bonchev–Trinajstić information content (AvgIpc) is 3.37. The lowest BCUT2D eigenvalue weighted by Gasteiger charge is -2.35. The first-order chi connectivity index (χ1) is 14.3. The first-order valence-electron chi connectivity index (χ1n) is 10.3. The van der Waals surface area contributed by atoms with E-state index in [1.165, 1.54) is 0 Å². The Morgan fingerprint density at radius 1 is 1.17 bits per heavy atom. The third-order valence-corrected chi connectivity index (χ3v) is 6.45. The molecule has 30 heavy (non-hydrogen) atoms. The summed E-state index contributed by atoms with van der Waals surface area (Å²) in [6, 6.07) is 11.8. The minimum Gasteiger partial charge on any atom is -0.457 e. The van der Waals surface area contributed by atoms with Crippen LogP contribution < -0.4 is 5.32 Å². The number of rotatable bonds is 4. The fourth-order valence-corrected chi connectivity index (χ4v) is 4.63. The van der Waals surface area contributed by atoms with Crippen LogP contribution in [0.25, 0.3) is 21.0 Å². The van der Waals surface area contributed by atoms with Crippen molar-refractivity contribution in [3.05, 3.63) is 42.2 Å². The van der Waals surface area contributed by atoms with Crippen LogP contribution in [0.5, 0.6) is 0 Å². The first kappa shape index (κ1) is 20.6. The predicted molar refractivity (Wildman–Crippen MR) is 118 cm³/mol. The smallest absolute Gasteiger partial charge is 0.227 e. The maximum atomic E-state index is 12.6. The number of hydrogen-bond donors (Lipinski definition) is 1. The first-order valence-corrected chi connectivity index (χ1v) is 11.1. The maximum absolute atomic E-state index is 12.6. The van der Waals surface area contributed by atoms with E-state index in [4.69, 9.17) is 4.42 Å². The van der Waals surface area contributed by atoms with Crippen molar-refractivity contribution in [3.63, 3.8) is 0 Å². The number of nitrogens with zero attached hydrogens (tertiary/aromatic N) is 2. The van der Waals surface area contributed by atoms with Gasteiger partial charge >= 0.3 is 0 Å². The fraction of sp³-hybridized carbons (Fsp3) is 0.435. The molecule has 3 aromatic rings. The number of thiazole rings is 1. The number of hydrogen-bond acceptors (Lipinski definition) is 5. The Hall–Kier alpha value is -2.67. The second kappa shape index (κ2) is 8.22. The Bertz CT molecular complexity index is 1020. The molecule has 0 aliphatic carbocycles. The van der Waals surface area contributed by atoms with Crippen molar-refractivity contribution in [1.82, 2.24) is 15.2 Å². The molecule has 2 amide bonds. The largest absolute Gasteiger partial charge is 0.457 e. The lowest BCUT2D eigenvalue weighted by Crippen LogP contribution is -2.46. The molecule has 0 spiro atoms. The monoisotopic (exact) mass is 425 g/mol. The Balaban J connectivity index is 1.30.